The Morgan fingerprint density at radius 2 is 0.558 bits per heavy atom. The van der Waals surface area contributed by atoms with Crippen molar-refractivity contribution in [1.82, 2.24) is 0 Å². The second-order valence-electron chi connectivity index (χ2n) is 14.2. The normalized spacial score (nSPS) is 12.2. The Hall–Kier alpha value is 0.210. The summed E-state index contributed by atoms with van der Waals surface area (Å²) in [5.41, 5.74) is 0. The van der Waals surface area contributed by atoms with E-state index in [2.05, 4.69) is 13.8 Å². The Morgan fingerprint density at radius 3 is 0.767 bits per heavy atom. The molecule has 1 atom stereocenters. The van der Waals surface area contributed by atoms with Crippen LogP contribution >= 0.6 is 0 Å². The van der Waals surface area contributed by atoms with Crippen LogP contribution < -0.4 is 17.3 Å². The summed E-state index contributed by atoms with van der Waals surface area (Å²) in [6.45, 7) is 10.4. The van der Waals surface area contributed by atoms with E-state index in [4.69, 9.17) is 0 Å². The van der Waals surface area contributed by atoms with E-state index >= 15 is 0 Å². The molecule has 0 saturated heterocycles. The molecule has 0 aromatic heterocycles. The molecular formula is C40H84ClNO. The van der Waals surface area contributed by atoms with Crippen LogP contribution in [0.2, 0.25) is 0 Å². The molecule has 0 heterocycles. The van der Waals surface area contributed by atoms with Crippen molar-refractivity contribution in [3.63, 3.8) is 0 Å². The van der Waals surface area contributed by atoms with Gasteiger partial charge in [0, 0.05) is 6.42 Å². The van der Waals surface area contributed by atoms with E-state index < -0.39 is 0 Å². The van der Waals surface area contributed by atoms with Crippen LogP contribution in [-0.2, 0) is 0 Å². The highest BCUT2D eigenvalue weighted by Gasteiger charge is 2.10. The average molecular weight is 631 g/mol. The molecule has 1 unspecified atom stereocenters. The summed E-state index contributed by atoms with van der Waals surface area (Å²) in [6, 6.07) is 0. The lowest BCUT2D eigenvalue weighted by Gasteiger charge is -2.20. The Labute approximate surface area is 280 Å². The summed E-state index contributed by atoms with van der Waals surface area (Å²) in [4.78, 5) is 1.76. The van der Waals surface area contributed by atoms with Gasteiger partial charge in [-0.15, -0.1) is 0 Å². The monoisotopic (exact) mass is 630 g/mol. The number of nitrogens with one attached hydrogen (secondary N) is 1. The SMILES string of the molecule is CCCCCCCCCCCCCCCCCC[NH+](CCCCCCCCCCCCCCCCCC)CCC(C)O.[Cl-]. The van der Waals surface area contributed by atoms with Gasteiger partial charge < -0.3 is 22.4 Å². The molecule has 0 spiro atoms. The van der Waals surface area contributed by atoms with Gasteiger partial charge in [0.15, 0.2) is 0 Å². The molecule has 0 saturated carbocycles. The zero-order valence-electron chi connectivity index (χ0n) is 30.4. The van der Waals surface area contributed by atoms with Gasteiger partial charge in [0.05, 0.1) is 25.7 Å². The van der Waals surface area contributed by atoms with Crippen LogP contribution in [0.3, 0.4) is 0 Å². The zero-order valence-corrected chi connectivity index (χ0v) is 31.1. The first kappa shape index (κ1) is 45.3. The molecule has 0 aromatic carbocycles. The Morgan fingerprint density at radius 1 is 0.349 bits per heavy atom. The van der Waals surface area contributed by atoms with E-state index in [9.17, 15) is 5.11 Å². The number of hydrogen-bond acceptors (Lipinski definition) is 1. The number of unbranched alkanes of at least 4 members (excludes halogenated alkanes) is 30. The molecule has 0 aliphatic rings. The third-order valence-electron chi connectivity index (χ3n) is 9.68. The topological polar surface area (TPSA) is 24.7 Å². The van der Waals surface area contributed by atoms with Crippen molar-refractivity contribution in [2.24, 2.45) is 0 Å². The zero-order chi connectivity index (χ0) is 30.6. The quantitative estimate of drug-likeness (QED) is 0.0658. The van der Waals surface area contributed by atoms with E-state index in [1.54, 1.807) is 4.90 Å². The van der Waals surface area contributed by atoms with Gasteiger partial charge in [0.2, 0.25) is 0 Å². The molecule has 3 heteroatoms. The molecule has 262 valence electrons. The predicted octanol–water partition coefficient (Wildman–Crippen LogP) is 9.17. The Balaban J connectivity index is 0. The minimum atomic E-state index is -0.142. The van der Waals surface area contributed by atoms with Crippen molar-refractivity contribution in [2.75, 3.05) is 19.6 Å². The van der Waals surface area contributed by atoms with Crippen LogP contribution in [0.1, 0.15) is 233 Å². The summed E-state index contributed by atoms with van der Waals surface area (Å²) in [6.07, 6.45) is 47.1. The average Bonchev–Trinajstić information content (AvgIpc) is 2.98. The fraction of sp³-hybridized carbons (Fsp3) is 1.00. The lowest BCUT2D eigenvalue weighted by Crippen LogP contribution is -3.12. The van der Waals surface area contributed by atoms with Crippen LogP contribution in [-0.4, -0.2) is 30.8 Å². The van der Waals surface area contributed by atoms with Crippen LogP contribution in [0, 0.1) is 0 Å². The third kappa shape index (κ3) is 40.2. The molecule has 0 radical (unpaired) electrons. The second kappa shape index (κ2) is 40.2. The number of aliphatic hydroxyl groups is 1. The van der Waals surface area contributed by atoms with Crippen LogP contribution in [0.25, 0.3) is 0 Å². The maximum absolute atomic E-state index is 9.81. The van der Waals surface area contributed by atoms with Crippen molar-refractivity contribution < 1.29 is 22.4 Å². The fourth-order valence-corrected chi connectivity index (χ4v) is 6.63. The number of quaternary nitrogens is 1. The van der Waals surface area contributed by atoms with Crippen LogP contribution in [0.15, 0.2) is 0 Å². The standard InChI is InChI=1S/C40H83NO.ClH/c1-4-6-8-10-12-14-16-18-20-22-24-26-28-30-32-34-37-41(39-36-40(3)42)38-35-33-31-29-27-25-23-21-19-17-15-13-11-9-7-5-2;/h40,42H,4-39H2,1-3H3;1H. The lowest BCUT2D eigenvalue weighted by atomic mass is 10.0. The van der Waals surface area contributed by atoms with Crippen molar-refractivity contribution in [3.05, 3.63) is 0 Å². The van der Waals surface area contributed by atoms with Gasteiger partial charge in [0.25, 0.3) is 0 Å². The highest BCUT2D eigenvalue weighted by atomic mass is 35.5. The second-order valence-corrected chi connectivity index (χ2v) is 14.2. The molecule has 0 rings (SSSR count). The third-order valence-corrected chi connectivity index (χ3v) is 9.68. The first-order valence-electron chi connectivity index (χ1n) is 20.2. The van der Waals surface area contributed by atoms with Crippen molar-refractivity contribution in [3.8, 4) is 0 Å². The molecule has 0 bridgehead atoms. The molecule has 0 aliphatic carbocycles. The predicted molar refractivity (Wildman–Crippen MR) is 191 cm³/mol. The molecule has 0 aliphatic heterocycles. The molecule has 0 aromatic rings. The molecule has 2 nitrogen and oxygen atoms in total. The Bertz CT molecular complexity index is 435. The summed E-state index contributed by atoms with van der Waals surface area (Å²) < 4.78 is 0. The van der Waals surface area contributed by atoms with Gasteiger partial charge in [-0.3, -0.25) is 0 Å². The summed E-state index contributed by atoms with van der Waals surface area (Å²) in [5.74, 6) is 0. The summed E-state index contributed by atoms with van der Waals surface area (Å²) in [5, 5.41) is 9.81. The largest absolute Gasteiger partial charge is 1.00 e. The van der Waals surface area contributed by atoms with E-state index in [-0.39, 0.29) is 18.5 Å². The first-order valence-corrected chi connectivity index (χ1v) is 20.2. The van der Waals surface area contributed by atoms with Crippen molar-refractivity contribution in [1.29, 1.82) is 0 Å². The maximum Gasteiger partial charge on any atom is 0.0795 e. The summed E-state index contributed by atoms with van der Waals surface area (Å²) in [7, 11) is 0. The van der Waals surface area contributed by atoms with E-state index in [0.717, 1.165) is 13.0 Å². The molecular weight excluding hydrogens is 546 g/mol. The molecule has 2 N–H and O–H groups in total. The van der Waals surface area contributed by atoms with Gasteiger partial charge in [-0.25, -0.2) is 0 Å². The number of aliphatic hydroxyl groups excluding tert-OH is 1. The van der Waals surface area contributed by atoms with E-state index in [0.29, 0.717) is 0 Å². The van der Waals surface area contributed by atoms with Crippen LogP contribution in [0.4, 0.5) is 0 Å². The molecule has 0 amide bonds. The maximum atomic E-state index is 9.81. The number of rotatable bonds is 37. The minimum Gasteiger partial charge on any atom is -1.00 e. The van der Waals surface area contributed by atoms with Crippen molar-refractivity contribution >= 4 is 0 Å². The first-order chi connectivity index (χ1) is 20.7. The van der Waals surface area contributed by atoms with E-state index in [1.807, 2.05) is 6.92 Å². The van der Waals surface area contributed by atoms with Gasteiger partial charge >= 0.3 is 0 Å². The fourth-order valence-electron chi connectivity index (χ4n) is 6.63. The molecule has 0 fully saturated rings. The summed E-state index contributed by atoms with van der Waals surface area (Å²) >= 11 is 0. The highest BCUT2D eigenvalue weighted by molar-refractivity contribution is 4.52. The number of hydrogen-bond donors (Lipinski definition) is 2. The van der Waals surface area contributed by atoms with E-state index in [1.165, 1.54) is 219 Å². The van der Waals surface area contributed by atoms with Gasteiger partial charge in [-0.2, -0.15) is 0 Å². The minimum absolute atomic E-state index is 0. The van der Waals surface area contributed by atoms with Gasteiger partial charge in [0.1, 0.15) is 0 Å². The smallest absolute Gasteiger partial charge is 0.0795 e. The highest BCUT2D eigenvalue weighted by Crippen LogP contribution is 2.15. The van der Waals surface area contributed by atoms with Gasteiger partial charge in [-0.1, -0.05) is 194 Å². The van der Waals surface area contributed by atoms with Gasteiger partial charge in [-0.05, 0) is 32.6 Å². The Kier molecular flexibility index (Phi) is 42.4. The number of halogens is 1. The molecule has 43 heavy (non-hydrogen) atoms. The van der Waals surface area contributed by atoms with Crippen molar-refractivity contribution in [2.45, 2.75) is 239 Å². The van der Waals surface area contributed by atoms with Crippen LogP contribution in [0.5, 0.6) is 0 Å². The lowest BCUT2D eigenvalue weighted by molar-refractivity contribution is -0.901.